The minimum Gasteiger partial charge on any atom is -0.364 e. The predicted octanol–water partition coefficient (Wildman–Crippen LogP) is 3.61. The molecule has 0 amide bonds. The largest absolute Gasteiger partial charge is 0.364 e. The van der Waals surface area contributed by atoms with Gasteiger partial charge in [-0.25, -0.2) is 0 Å². The van der Waals surface area contributed by atoms with E-state index < -0.39 is 0 Å². The Kier molecular flexibility index (Phi) is 4.39. The first kappa shape index (κ1) is 12.6. The van der Waals surface area contributed by atoms with Crippen LogP contribution in [-0.2, 0) is 0 Å². The summed E-state index contributed by atoms with van der Waals surface area (Å²) in [5.41, 5.74) is 1.50. The highest BCUT2D eigenvalue weighted by atomic mass is 35.5. The lowest BCUT2D eigenvalue weighted by Gasteiger charge is -2.28. The molecule has 0 aliphatic carbocycles. The minimum absolute atomic E-state index is 0.295. The highest BCUT2D eigenvalue weighted by Gasteiger charge is 2.13. The number of anilines is 1. The van der Waals surface area contributed by atoms with E-state index in [0.717, 1.165) is 5.69 Å². The van der Waals surface area contributed by atoms with E-state index in [1.165, 1.54) is 0 Å². The van der Waals surface area contributed by atoms with Gasteiger partial charge >= 0.3 is 0 Å². The third-order valence-corrected chi connectivity index (χ3v) is 2.57. The molecule has 1 aromatic carbocycles. The fourth-order valence-corrected chi connectivity index (χ4v) is 1.73. The Hall–Kier alpha value is -1.46. The second kappa shape index (κ2) is 5.58. The number of nitrogens with zero attached hydrogens (tertiary/aromatic N) is 2. The summed E-state index contributed by atoms with van der Waals surface area (Å²) in [5, 5.41) is 9.70. The maximum absolute atomic E-state index is 9.06. The summed E-state index contributed by atoms with van der Waals surface area (Å²) in [7, 11) is 0. The molecule has 84 valence electrons. The molecule has 0 spiro atoms. The average Bonchev–Trinajstić information content (AvgIpc) is 2.25. The van der Waals surface area contributed by atoms with Gasteiger partial charge in [0, 0.05) is 17.6 Å². The van der Waals surface area contributed by atoms with Gasteiger partial charge in [-0.15, -0.1) is 6.58 Å². The number of benzene rings is 1. The molecule has 0 unspecified atom stereocenters. The normalized spacial score (nSPS) is 9.94. The predicted molar refractivity (Wildman–Crippen MR) is 68.8 cm³/mol. The van der Waals surface area contributed by atoms with Crippen LogP contribution in [0.4, 0.5) is 5.69 Å². The van der Waals surface area contributed by atoms with E-state index in [4.69, 9.17) is 16.9 Å². The number of nitriles is 1. The van der Waals surface area contributed by atoms with E-state index >= 15 is 0 Å². The van der Waals surface area contributed by atoms with Gasteiger partial charge in [-0.2, -0.15) is 5.26 Å². The van der Waals surface area contributed by atoms with Crippen LogP contribution in [0.25, 0.3) is 0 Å². The summed E-state index contributed by atoms with van der Waals surface area (Å²) in [6.07, 6.45) is 1.82. The monoisotopic (exact) mass is 234 g/mol. The minimum atomic E-state index is 0.295. The lowest BCUT2D eigenvalue weighted by Crippen LogP contribution is -2.31. The molecule has 0 aromatic heterocycles. The van der Waals surface area contributed by atoms with Crippen molar-refractivity contribution in [3.05, 3.63) is 41.4 Å². The summed E-state index contributed by atoms with van der Waals surface area (Å²) in [6.45, 7) is 8.58. The molecule has 2 nitrogen and oxygen atoms in total. The average molecular weight is 235 g/mol. The van der Waals surface area contributed by atoms with Crippen LogP contribution >= 0.6 is 11.6 Å². The molecule has 0 bridgehead atoms. The maximum atomic E-state index is 9.06. The SMILES string of the molecule is C=CCN(c1cc(Cl)ccc1C#N)C(C)C. The zero-order valence-corrected chi connectivity index (χ0v) is 10.3. The number of hydrogen-bond acceptors (Lipinski definition) is 2. The summed E-state index contributed by atoms with van der Waals surface area (Å²) >= 11 is 5.96. The van der Waals surface area contributed by atoms with Crippen molar-refractivity contribution in [1.29, 1.82) is 5.26 Å². The Labute approximate surface area is 102 Å². The van der Waals surface area contributed by atoms with Gasteiger partial charge in [0.1, 0.15) is 6.07 Å². The van der Waals surface area contributed by atoms with Gasteiger partial charge in [0.15, 0.2) is 0 Å². The highest BCUT2D eigenvalue weighted by molar-refractivity contribution is 6.30. The van der Waals surface area contributed by atoms with Crippen molar-refractivity contribution < 1.29 is 0 Å². The summed E-state index contributed by atoms with van der Waals surface area (Å²) in [5.74, 6) is 0. The van der Waals surface area contributed by atoms with Crippen LogP contribution in [0, 0.1) is 11.3 Å². The van der Waals surface area contributed by atoms with Crippen molar-refractivity contribution in [2.45, 2.75) is 19.9 Å². The highest BCUT2D eigenvalue weighted by Crippen LogP contribution is 2.25. The zero-order valence-electron chi connectivity index (χ0n) is 9.57. The molecule has 0 aliphatic heterocycles. The molecule has 0 saturated carbocycles. The van der Waals surface area contributed by atoms with Crippen molar-refractivity contribution in [2.75, 3.05) is 11.4 Å². The third-order valence-electron chi connectivity index (χ3n) is 2.34. The lowest BCUT2D eigenvalue weighted by atomic mass is 10.1. The molecule has 0 saturated heterocycles. The lowest BCUT2D eigenvalue weighted by molar-refractivity contribution is 0.722. The van der Waals surface area contributed by atoms with Gasteiger partial charge in [-0.1, -0.05) is 17.7 Å². The van der Waals surface area contributed by atoms with Gasteiger partial charge in [-0.3, -0.25) is 0 Å². The fraction of sp³-hybridized carbons (Fsp3) is 0.308. The van der Waals surface area contributed by atoms with Crippen molar-refractivity contribution in [2.24, 2.45) is 0 Å². The van der Waals surface area contributed by atoms with Crippen LogP contribution in [0.1, 0.15) is 19.4 Å². The van der Waals surface area contributed by atoms with E-state index in [1.807, 2.05) is 12.1 Å². The molecular formula is C13H15ClN2. The molecule has 0 N–H and O–H groups in total. The first-order chi connectivity index (χ1) is 7.60. The van der Waals surface area contributed by atoms with E-state index in [2.05, 4.69) is 31.4 Å². The Morgan fingerprint density at radius 2 is 2.25 bits per heavy atom. The van der Waals surface area contributed by atoms with Crippen LogP contribution in [0.3, 0.4) is 0 Å². The molecule has 0 aliphatic rings. The van der Waals surface area contributed by atoms with Crippen molar-refractivity contribution in [3.63, 3.8) is 0 Å². The summed E-state index contributed by atoms with van der Waals surface area (Å²) in [4.78, 5) is 2.09. The first-order valence-corrected chi connectivity index (χ1v) is 5.55. The van der Waals surface area contributed by atoms with E-state index in [9.17, 15) is 0 Å². The standard InChI is InChI=1S/C13H15ClN2/c1-4-7-16(10(2)3)13-8-12(14)6-5-11(13)9-15/h4-6,8,10H,1,7H2,2-3H3. The number of rotatable bonds is 4. The second-order valence-corrected chi connectivity index (χ2v) is 4.24. The first-order valence-electron chi connectivity index (χ1n) is 5.17. The molecule has 0 fully saturated rings. The van der Waals surface area contributed by atoms with E-state index in [0.29, 0.717) is 23.2 Å². The molecular weight excluding hydrogens is 220 g/mol. The van der Waals surface area contributed by atoms with Crippen LogP contribution in [0.5, 0.6) is 0 Å². The molecule has 1 aromatic rings. The Morgan fingerprint density at radius 3 is 2.75 bits per heavy atom. The van der Waals surface area contributed by atoms with Crippen molar-refractivity contribution >= 4 is 17.3 Å². The Bertz CT molecular complexity index is 418. The van der Waals surface area contributed by atoms with Crippen molar-refractivity contribution in [3.8, 4) is 6.07 Å². The molecule has 0 heterocycles. The number of halogens is 1. The van der Waals surface area contributed by atoms with Crippen LogP contribution in [0.2, 0.25) is 5.02 Å². The quantitative estimate of drug-likeness (QED) is 0.745. The van der Waals surface area contributed by atoms with Gasteiger partial charge in [-0.05, 0) is 32.0 Å². The maximum Gasteiger partial charge on any atom is 0.101 e. The number of hydrogen-bond donors (Lipinski definition) is 0. The molecule has 3 heteroatoms. The van der Waals surface area contributed by atoms with Crippen LogP contribution < -0.4 is 4.90 Å². The van der Waals surface area contributed by atoms with E-state index in [1.54, 1.807) is 12.1 Å². The second-order valence-electron chi connectivity index (χ2n) is 3.81. The van der Waals surface area contributed by atoms with Crippen molar-refractivity contribution in [1.82, 2.24) is 0 Å². The topological polar surface area (TPSA) is 27.0 Å². The third kappa shape index (κ3) is 2.77. The van der Waals surface area contributed by atoms with Gasteiger partial charge in [0.25, 0.3) is 0 Å². The van der Waals surface area contributed by atoms with Gasteiger partial charge < -0.3 is 4.90 Å². The Balaban J connectivity index is 3.22. The molecule has 1 rings (SSSR count). The van der Waals surface area contributed by atoms with E-state index in [-0.39, 0.29) is 0 Å². The molecule has 16 heavy (non-hydrogen) atoms. The van der Waals surface area contributed by atoms with Crippen LogP contribution in [0.15, 0.2) is 30.9 Å². The smallest absolute Gasteiger partial charge is 0.101 e. The van der Waals surface area contributed by atoms with Gasteiger partial charge in [0.2, 0.25) is 0 Å². The van der Waals surface area contributed by atoms with Crippen LogP contribution in [-0.4, -0.2) is 12.6 Å². The summed E-state index contributed by atoms with van der Waals surface area (Å²) in [6, 6.07) is 7.78. The summed E-state index contributed by atoms with van der Waals surface area (Å²) < 4.78 is 0. The van der Waals surface area contributed by atoms with Gasteiger partial charge in [0.05, 0.1) is 11.3 Å². The fourth-order valence-electron chi connectivity index (χ4n) is 1.56. The molecule has 0 atom stereocenters. The zero-order chi connectivity index (χ0) is 12.1. The molecule has 0 radical (unpaired) electrons. The Morgan fingerprint density at radius 1 is 1.56 bits per heavy atom.